The molecule has 2 aromatic rings. The molecule has 1 heterocycles. The second-order valence-corrected chi connectivity index (χ2v) is 7.86. The summed E-state index contributed by atoms with van der Waals surface area (Å²) in [6.45, 7) is 10.9. The second kappa shape index (κ2) is 10.5. The first-order valence-corrected chi connectivity index (χ1v) is 10.2. The molecule has 1 aliphatic heterocycles. The lowest BCUT2D eigenvalue weighted by Gasteiger charge is -2.35. The average molecular weight is 383 g/mol. The Morgan fingerprint density at radius 1 is 0.963 bits per heavy atom. The molecule has 0 N–H and O–H groups in total. The molecule has 4 heteroatoms. The van der Waals surface area contributed by atoms with Crippen LogP contribution in [0.2, 0.25) is 0 Å². The highest BCUT2D eigenvalue weighted by atomic mass is 32.1. The van der Waals surface area contributed by atoms with Crippen LogP contribution >= 0.6 is 12.6 Å². The normalized spacial score (nSPS) is 16.8. The van der Waals surface area contributed by atoms with Crippen molar-refractivity contribution in [2.75, 3.05) is 39.3 Å². The summed E-state index contributed by atoms with van der Waals surface area (Å²) in [5, 5.41) is 0.211. The molecule has 0 radical (unpaired) electrons. The van der Waals surface area contributed by atoms with Gasteiger partial charge in [0.2, 0.25) is 0 Å². The lowest BCUT2D eigenvalue weighted by Crippen LogP contribution is -2.48. The van der Waals surface area contributed by atoms with Gasteiger partial charge in [-0.25, -0.2) is 0 Å². The quantitative estimate of drug-likeness (QED) is 0.523. The highest BCUT2D eigenvalue weighted by Gasteiger charge is 2.19. The van der Waals surface area contributed by atoms with Crippen LogP contribution in [0.3, 0.4) is 0 Å². The van der Waals surface area contributed by atoms with Crippen molar-refractivity contribution in [2.24, 2.45) is 0 Å². The van der Waals surface area contributed by atoms with E-state index in [0.29, 0.717) is 6.61 Å². The van der Waals surface area contributed by atoms with Gasteiger partial charge >= 0.3 is 0 Å². The van der Waals surface area contributed by atoms with E-state index in [2.05, 4.69) is 52.8 Å². The number of hydrogen-bond acceptors (Lipinski definition) is 4. The summed E-state index contributed by atoms with van der Waals surface area (Å²) in [6.07, 6.45) is 2.74. The van der Waals surface area contributed by atoms with Gasteiger partial charge in [-0.15, -0.1) is 6.58 Å². The maximum Gasteiger partial charge on any atom is 0.122 e. The maximum absolute atomic E-state index is 6.03. The van der Waals surface area contributed by atoms with Crippen molar-refractivity contribution in [3.63, 3.8) is 0 Å². The van der Waals surface area contributed by atoms with E-state index < -0.39 is 0 Å². The van der Waals surface area contributed by atoms with Crippen molar-refractivity contribution in [3.05, 3.63) is 78.4 Å². The lowest BCUT2D eigenvalue weighted by atomic mass is 10.1. The summed E-state index contributed by atoms with van der Waals surface area (Å²) in [5.41, 5.74) is 2.58. The number of nitrogens with zero attached hydrogens (tertiary/aromatic N) is 2. The molecule has 1 unspecified atom stereocenters. The van der Waals surface area contributed by atoms with Gasteiger partial charge in [-0.05, 0) is 23.6 Å². The number of para-hydroxylation sites is 1. The van der Waals surface area contributed by atoms with Gasteiger partial charge in [0.25, 0.3) is 0 Å². The molecule has 1 atom stereocenters. The topological polar surface area (TPSA) is 15.7 Å². The number of hydrogen-bond donors (Lipinski definition) is 1. The average Bonchev–Trinajstić information content (AvgIpc) is 2.70. The molecule has 144 valence electrons. The fourth-order valence-electron chi connectivity index (χ4n) is 3.48. The van der Waals surface area contributed by atoms with Gasteiger partial charge in [-0.3, -0.25) is 9.80 Å². The molecule has 2 aromatic carbocycles. The Labute approximate surface area is 169 Å². The molecule has 3 rings (SSSR count). The van der Waals surface area contributed by atoms with Crippen molar-refractivity contribution in [3.8, 4) is 5.75 Å². The van der Waals surface area contributed by atoms with Crippen LogP contribution in [-0.2, 0) is 13.0 Å². The predicted octanol–water partition coefficient (Wildman–Crippen LogP) is 3.91. The van der Waals surface area contributed by atoms with E-state index >= 15 is 0 Å². The Bertz CT molecular complexity index is 699. The number of rotatable bonds is 9. The first-order valence-electron chi connectivity index (χ1n) is 9.73. The Morgan fingerprint density at radius 3 is 2.37 bits per heavy atom. The number of ether oxygens (including phenoxy) is 1. The van der Waals surface area contributed by atoms with Gasteiger partial charge in [0.05, 0.1) is 0 Å². The minimum Gasteiger partial charge on any atom is -0.492 e. The monoisotopic (exact) mass is 382 g/mol. The first-order chi connectivity index (χ1) is 13.2. The summed E-state index contributed by atoms with van der Waals surface area (Å²) >= 11 is 4.76. The molecule has 0 aliphatic carbocycles. The summed E-state index contributed by atoms with van der Waals surface area (Å²) < 4.78 is 6.03. The summed E-state index contributed by atoms with van der Waals surface area (Å²) in [7, 11) is 0. The third-order valence-corrected chi connectivity index (χ3v) is 5.26. The number of benzene rings is 2. The zero-order chi connectivity index (χ0) is 18.9. The van der Waals surface area contributed by atoms with Crippen LogP contribution < -0.4 is 4.74 Å². The fourth-order valence-corrected chi connectivity index (χ4v) is 3.78. The van der Waals surface area contributed by atoms with Crippen LogP contribution in [0.5, 0.6) is 5.75 Å². The Balaban J connectivity index is 1.39. The second-order valence-electron chi connectivity index (χ2n) is 7.13. The van der Waals surface area contributed by atoms with E-state index in [1.54, 1.807) is 0 Å². The van der Waals surface area contributed by atoms with Crippen LogP contribution in [0.1, 0.15) is 11.1 Å². The van der Waals surface area contributed by atoms with Crippen molar-refractivity contribution >= 4 is 12.6 Å². The standard InChI is InChI=1S/C23H30N2OS/c1-2-8-21-11-6-7-12-23(21)26-19-22(27)18-25-15-13-24(14-16-25)17-20-9-4-3-5-10-20/h2-7,9-12,22,27H,1,8,13-19H2. The van der Waals surface area contributed by atoms with Crippen molar-refractivity contribution in [1.29, 1.82) is 0 Å². The Kier molecular flexibility index (Phi) is 7.81. The number of allylic oxidation sites excluding steroid dienone is 1. The fraction of sp³-hybridized carbons (Fsp3) is 0.391. The van der Waals surface area contributed by atoms with Crippen LogP contribution in [0.15, 0.2) is 67.3 Å². The molecule has 1 saturated heterocycles. The van der Waals surface area contributed by atoms with Crippen LogP contribution in [0.25, 0.3) is 0 Å². The van der Waals surface area contributed by atoms with Gasteiger partial charge < -0.3 is 4.74 Å². The third-order valence-electron chi connectivity index (χ3n) is 4.95. The van der Waals surface area contributed by atoms with Gasteiger partial charge in [0, 0.05) is 44.5 Å². The van der Waals surface area contributed by atoms with Gasteiger partial charge in [0.15, 0.2) is 0 Å². The zero-order valence-corrected chi connectivity index (χ0v) is 16.9. The summed E-state index contributed by atoms with van der Waals surface area (Å²) in [6, 6.07) is 18.9. The van der Waals surface area contributed by atoms with E-state index in [4.69, 9.17) is 17.4 Å². The van der Waals surface area contributed by atoms with Crippen molar-refractivity contribution in [1.82, 2.24) is 9.80 Å². The van der Waals surface area contributed by atoms with E-state index in [-0.39, 0.29) is 5.25 Å². The van der Waals surface area contributed by atoms with Crippen LogP contribution in [0, 0.1) is 0 Å². The molecular formula is C23H30N2OS. The number of piperazine rings is 1. The van der Waals surface area contributed by atoms with Crippen LogP contribution in [-0.4, -0.2) is 54.4 Å². The minimum atomic E-state index is 0.211. The molecule has 27 heavy (non-hydrogen) atoms. The Hall–Kier alpha value is -1.75. The lowest BCUT2D eigenvalue weighted by molar-refractivity contribution is 0.123. The molecule has 0 amide bonds. The SMILES string of the molecule is C=CCc1ccccc1OCC(S)CN1CCN(Cc2ccccc2)CC1. The molecule has 3 nitrogen and oxygen atoms in total. The van der Waals surface area contributed by atoms with Gasteiger partial charge in [0.1, 0.15) is 12.4 Å². The predicted molar refractivity (Wildman–Crippen MR) is 117 cm³/mol. The molecule has 1 fully saturated rings. The zero-order valence-electron chi connectivity index (χ0n) is 16.0. The van der Waals surface area contributed by atoms with E-state index in [9.17, 15) is 0 Å². The smallest absolute Gasteiger partial charge is 0.122 e. The summed E-state index contributed by atoms with van der Waals surface area (Å²) in [4.78, 5) is 5.03. The van der Waals surface area contributed by atoms with E-state index in [0.717, 1.165) is 51.4 Å². The molecule has 0 spiro atoms. The van der Waals surface area contributed by atoms with Gasteiger partial charge in [-0.1, -0.05) is 54.6 Å². The molecule has 1 aliphatic rings. The summed E-state index contributed by atoms with van der Waals surface area (Å²) in [5.74, 6) is 0.948. The molecule has 0 aromatic heterocycles. The molecule has 0 bridgehead atoms. The third kappa shape index (κ3) is 6.42. The highest BCUT2D eigenvalue weighted by molar-refractivity contribution is 7.81. The highest BCUT2D eigenvalue weighted by Crippen LogP contribution is 2.19. The van der Waals surface area contributed by atoms with Crippen molar-refractivity contribution in [2.45, 2.75) is 18.2 Å². The van der Waals surface area contributed by atoms with E-state index in [1.807, 2.05) is 24.3 Å². The minimum absolute atomic E-state index is 0.211. The van der Waals surface area contributed by atoms with Gasteiger partial charge in [-0.2, -0.15) is 12.6 Å². The largest absolute Gasteiger partial charge is 0.492 e. The molecule has 0 saturated carbocycles. The van der Waals surface area contributed by atoms with Crippen LogP contribution in [0.4, 0.5) is 0 Å². The number of thiol groups is 1. The maximum atomic E-state index is 6.03. The van der Waals surface area contributed by atoms with Crippen molar-refractivity contribution < 1.29 is 4.74 Å². The first kappa shape index (κ1) is 20.0. The molecular weight excluding hydrogens is 352 g/mol. The Morgan fingerprint density at radius 2 is 1.63 bits per heavy atom. The van der Waals surface area contributed by atoms with E-state index in [1.165, 1.54) is 11.1 Å².